The Bertz CT molecular complexity index is 2620. The van der Waals surface area contributed by atoms with Gasteiger partial charge >= 0.3 is 0 Å². The lowest BCUT2D eigenvalue weighted by molar-refractivity contribution is 1.14. The van der Waals surface area contributed by atoms with E-state index in [0.717, 1.165) is 72.2 Å². The zero-order chi connectivity index (χ0) is 30.6. The third kappa shape index (κ3) is 4.09. The Kier molecular flexibility index (Phi) is 5.81. The highest BCUT2D eigenvalue weighted by molar-refractivity contribution is 6.11. The molecule has 0 atom stereocenters. The summed E-state index contributed by atoms with van der Waals surface area (Å²) in [6.45, 7) is 0. The monoisotopic (exact) mass is 587 g/mol. The Hall–Kier alpha value is -6.51. The van der Waals surface area contributed by atoms with Crippen molar-refractivity contribution in [3.63, 3.8) is 0 Å². The van der Waals surface area contributed by atoms with Crippen LogP contribution >= 0.6 is 0 Å². The number of benzene rings is 6. The highest BCUT2D eigenvalue weighted by atomic mass is 15.1. The molecular formula is C41H25N5. The Morgan fingerprint density at radius 2 is 1.15 bits per heavy atom. The zero-order valence-corrected chi connectivity index (χ0v) is 24.7. The first kappa shape index (κ1) is 25.9. The van der Waals surface area contributed by atoms with Crippen LogP contribution in [-0.4, -0.2) is 18.9 Å². The van der Waals surface area contributed by atoms with Gasteiger partial charge in [0.05, 0.1) is 45.1 Å². The summed E-state index contributed by atoms with van der Waals surface area (Å²) in [5.74, 6) is 0.679. The standard InChI is InChI=1S/C41H25N5/c42-26-27-15-21-37-33(23-27)34-24-31(20-22-38(34)45(37)32-11-5-2-6-12-32)28-16-18-29(19-17-28)36-25-40(30-9-3-1-4-10-30)46-39-14-8-7-13-35(39)43-41(46)44-36/h1-25H. The van der Waals surface area contributed by atoms with Gasteiger partial charge in [0.25, 0.3) is 0 Å². The molecule has 0 N–H and O–H groups in total. The predicted molar refractivity (Wildman–Crippen MR) is 186 cm³/mol. The minimum atomic E-state index is 0.652. The van der Waals surface area contributed by atoms with Crippen LogP contribution < -0.4 is 0 Å². The molecule has 6 aromatic carbocycles. The average Bonchev–Trinajstić information content (AvgIpc) is 3.67. The lowest BCUT2D eigenvalue weighted by Gasteiger charge is -2.11. The molecule has 3 aromatic heterocycles. The average molecular weight is 588 g/mol. The molecule has 0 fully saturated rings. The second-order valence-electron chi connectivity index (χ2n) is 11.5. The molecule has 0 radical (unpaired) electrons. The van der Waals surface area contributed by atoms with Crippen LogP contribution in [0.15, 0.2) is 152 Å². The van der Waals surface area contributed by atoms with Gasteiger partial charge in [0.1, 0.15) is 0 Å². The van der Waals surface area contributed by atoms with Crippen molar-refractivity contribution >= 4 is 38.6 Å². The smallest absolute Gasteiger partial charge is 0.235 e. The van der Waals surface area contributed by atoms with Crippen molar-refractivity contribution in [3.05, 3.63) is 157 Å². The first-order valence-electron chi connectivity index (χ1n) is 15.2. The van der Waals surface area contributed by atoms with Crippen LogP contribution in [0.3, 0.4) is 0 Å². The molecule has 0 aliphatic rings. The molecule has 0 saturated heterocycles. The summed E-state index contributed by atoms with van der Waals surface area (Å²) in [6, 6.07) is 54.5. The minimum absolute atomic E-state index is 0.652. The van der Waals surface area contributed by atoms with Crippen LogP contribution in [0.5, 0.6) is 0 Å². The van der Waals surface area contributed by atoms with Crippen LogP contribution in [0.25, 0.3) is 77.9 Å². The molecular weight excluding hydrogens is 562 g/mol. The van der Waals surface area contributed by atoms with Crippen molar-refractivity contribution in [3.8, 4) is 45.4 Å². The highest BCUT2D eigenvalue weighted by Gasteiger charge is 2.16. The van der Waals surface area contributed by atoms with Crippen molar-refractivity contribution in [2.24, 2.45) is 0 Å². The maximum Gasteiger partial charge on any atom is 0.235 e. The van der Waals surface area contributed by atoms with E-state index in [0.29, 0.717) is 11.3 Å². The quantitative estimate of drug-likeness (QED) is 0.206. The van der Waals surface area contributed by atoms with Crippen LogP contribution in [0.4, 0.5) is 0 Å². The molecule has 0 unspecified atom stereocenters. The fraction of sp³-hybridized carbons (Fsp3) is 0. The molecule has 0 amide bonds. The van der Waals surface area contributed by atoms with E-state index in [1.165, 1.54) is 0 Å². The van der Waals surface area contributed by atoms with Crippen molar-refractivity contribution in [2.75, 3.05) is 0 Å². The van der Waals surface area contributed by atoms with Crippen LogP contribution in [-0.2, 0) is 0 Å². The number of imidazole rings is 1. The lowest BCUT2D eigenvalue weighted by Crippen LogP contribution is -1.97. The van der Waals surface area contributed by atoms with Gasteiger partial charge in [0, 0.05) is 22.0 Å². The van der Waals surface area contributed by atoms with E-state index >= 15 is 0 Å². The molecule has 0 aliphatic heterocycles. The fourth-order valence-electron chi connectivity index (χ4n) is 6.59. The molecule has 5 heteroatoms. The van der Waals surface area contributed by atoms with E-state index in [4.69, 9.17) is 9.97 Å². The summed E-state index contributed by atoms with van der Waals surface area (Å²) in [7, 11) is 0. The number of rotatable bonds is 4. The van der Waals surface area contributed by atoms with E-state index in [2.05, 4.69) is 118 Å². The molecule has 0 spiro atoms. The van der Waals surface area contributed by atoms with Crippen molar-refractivity contribution in [1.82, 2.24) is 18.9 Å². The predicted octanol–water partition coefficient (Wildman–Crippen LogP) is 9.85. The molecule has 9 rings (SSSR count). The van der Waals surface area contributed by atoms with Gasteiger partial charge in [0.2, 0.25) is 5.78 Å². The van der Waals surface area contributed by atoms with Gasteiger partial charge in [-0.2, -0.15) is 5.26 Å². The highest BCUT2D eigenvalue weighted by Crippen LogP contribution is 2.36. The Morgan fingerprint density at radius 1 is 0.500 bits per heavy atom. The number of nitriles is 1. The summed E-state index contributed by atoms with van der Waals surface area (Å²) in [4.78, 5) is 9.89. The topological polar surface area (TPSA) is 58.9 Å². The Labute approximate surface area is 264 Å². The maximum atomic E-state index is 9.66. The third-order valence-electron chi connectivity index (χ3n) is 8.77. The normalized spacial score (nSPS) is 11.5. The van der Waals surface area contributed by atoms with Gasteiger partial charge in [0.15, 0.2) is 0 Å². The summed E-state index contributed by atoms with van der Waals surface area (Å²) < 4.78 is 4.41. The zero-order valence-electron chi connectivity index (χ0n) is 24.7. The number of aromatic nitrogens is 4. The van der Waals surface area contributed by atoms with Gasteiger partial charge in [-0.3, -0.25) is 4.40 Å². The fourth-order valence-corrected chi connectivity index (χ4v) is 6.59. The lowest BCUT2D eigenvalue weighted by atomic mass is 10.00. The van der Waals surface area contributed by atoms with Crippen LogP contribution in [0.2, 0.25) is 0 Å². The summed E-state index contributed by atoms with van der Waals surface area (Å²) in [5, 5.41) is 11.8. The van der Waals surface area contributed by atoms with Gasteiger partial charge in [-0.1, -0.05) is 91.0 Å². The number of nitrogens with zero attached hydrogens (tertiary/aromatic N) is 5. The summed E-state index contributed by atoms with van der Waals surface area (Å²) in [6.07, 6.45) is 0. The van der Waals surface area contributed by atoms with Crippen molar-refractivity contribution < 1.29 is 0 Å². The Balaban J connectivity index is 1.17. The molecule has 0 saturated carbocycles. The van der Waals surface area contributed by atoms with Gasteiger partial charge in [-0.15, -0.1) is 0 Å². The van der Waals surface area contributed by atoms with E-state index < -0.39 is 0 Å². The van der Waals surface area contributed by atoms with E-state index in [-0.39, 0.29) is 0 Å². The maximum absolute atomic E-state index is 9.66. The second-order valence-corrected chi connectivity index (χ2v) is 11.5. The SMILES string of the molecule is N#Cc1ccc2c(c1)c1cc(-c3ccc(-c4cc(-c5ccccc5)n5c(n4)nc4ccccc45)cc3)ccc1n2-c1ccccc1. The van der Waals surface area contributed by atoms with Gasteiger partial charge < -0.3 is 4.57 Å². The molecule has 9 aromatic rings. The van der Waals surface area contributed by atoms with E-state index in [9.17, 15) is 5.26 Å². The third-order valence-corrected chi connectivity index (χ3v) is 8.77. The molecule has 214 valence electrons. The largest absolute Gasteiger partial charge is 0.309 e. The molecule has 46 heavy (non-hydrogen) atoms. The second kappa shape index (κ2) is 10.3. The van der Waals surface area contributed by atoms with Gasteiger partial charge in [-0.25, -0.2) is 9.97 Å². The molecule has 0 bridgehead atoms. The number of fused-ring (bicyclic) bond motifs is 6. The van der Waals surface area contributed by atoms with Crippen LogP contribution in [0, 0.1) is 11.3 Å². The first-order chi connectivity index (χ1) is 22.7. The minimum Gasteiger partial charge on any atom is -0.309 e. The molecule has 5 nitrogen and oxygen atoms in total. The first-order valence-corrected chi connectivity index (χ1v) is 15.2. The van der Waals surface area contributed by atoms with E-state index in [1.807, 2.05) is 48.5 Å². The summed E-state index contributed by atoms with van der Waals surface area (Å²) in [5.41, 5.74) is 12.2. The number of para-hydroxylation sites is 3. The molecule has 0 aliphatic carbocycles. The summed E-state index contributed by atoms with van der Waals surface area (Å²) >= 11 is 0. The van der Waals surface area contributed by atoms with Gasteiger partial charge in [-0.05, 0) is 77.4 Å². The van der Waals surface area contributed by atoms with Crippen LogP contribution in [0.1, 0.15) is 5.56 Å². The number of hydrogen-bond acceptors (Lipinski definition) is 3. The number of hydrogen-bond donors (Lipinski definition) is 0. The van der Waals surface area contributed by atoms with E-state index in [1.54, 1.807) is 0 Å². The Morgan fingerprint density at radius 3 is 1.93 bits per heavy atom. The van der Waals surface area contributed by atoms with Crippen molar-refractivity contribution in [2.45, 2.75) is 0 Å². The molecule has 3 heterocycles. The van der Waals surface area contributed by atoms with Crippen molar-refractivity contribution in [1.29, 1.82) is 5.26 Å².